The van der Waals surface area contributed by atoms with E-state index in [1.54, 1.807) is 11.3 Å². The number of urea groups is 1. The average molecular weight is 358 g/mol. The maximum atomic E-state index is 12.3. The molecule has 0 bridgehead atoms. The van der Waals surface area contributed by atoms with Crippen LogP contribution in [-0.2, 0) is 11.2 Å². The van der Waals surface area contributed by atoms with Gasteiger partial charge in [-0.05, 0) is 23.4 Å². The number of nitrogens with zero attached hydrogens (tertiary/aromatic N) is 1. The fourth-order valence-electron chi connectivity index (χ4n) is 3.10. The summed E-state index contributed by atoms with van der Waals surface area (Å²) < 4.78 is 0. The topological polar surface area (TPSA) is 66.0 Å². The summed E-state index contributed by atoms with van der Waals surface area (Å²) in [4.78, 5) is 26.5. The number of amides is 3. The van der Waals surface area contributed by atoms with E-state index in [-0.39, 0.29) is 24.5 Å². The number of aryl methyl sites for hydroxylation is 1. The molecule has 0 radical (unpaired) electrons. The van der Waals surface area contributed by atoms with Gasteiger partial charge in [-0.1, -0.05) is 43.7 Å². The van der Waals surface area contributed by atoms with Crippen LogP contribution in [0.5, 0.6) is 0 Å². The lowest BCUT2D eigenvalue weighted by Gasteiger charge is -2.17. The predicted octanol–water partition coefficient (Wildman–Crippen LogP) is 1.91. The van der Waals surface area contributed by atoms with Crippen LogP contribution in [-0.4, -0.2) is 36.5 Å². The largest absolute Gasteiger partial charge is 0.336 e. The van der Waals surface area contributed by atoms with Gasteiger partial charge in [-0.3, -0.25) is 9.69 Å². The highest BCUT2D eigenvalue weighted by atomic mass is 32.1. The van der Waals surface area contributed by atoms with Crippen molar-refractivity contribution in [1.82, 2.24) is 10.2 Å². The monoisotopic (exact) mass is 358 g/mol. The number of rotatable bonds is 7. The number of nitrogens with two attached hydrogens (primary N) is 1. The lowest BCUT2D eigenvalue weighted by atomic mass is 10.0. The molecule has 1 aliphatic rings. The minimum absolute atomic E-state index is 0.0743. The number of nitrogens with one attached hydrogen (secondary N) is 1. The van der Waals surface area contributed by atoms with Crippen molar-refractivity contribution in [3.05, 3.63) is 57.8 Å². The summed E-state index contributed by atoms with van der Waals surface area (Å²) in [5.41, 5.74) is 2.52. The van der Waals surface area contributed by atoms with Crippen LogP contribution in [0.15, 0.2) is 41.8 Å². The van der Waals surface area contributed by atoms with Gasteiger partial charge < -0.3 is 10.6 Å². The molecule has 0 unspecified atom stereocenters. The molecule has 3 N–H and O–H groups in total. The molecule has 0 saturated carbocycles. The zero-order valence-corrected chi connectivity index (χ0v) is 15.2. The van der Waals surface area contributed by atoms with Crippen LogP contribution in [0.3, 0.4) is 0 Å². The van der Waals surface area contributed by atoms with Crippen molar-refractivity contribution in [3.63, 3.8) is 0 Å². The number of thiophene rings is 1. The van der Waals surface area contributed by atoms with E-state index in [0.29, 0.717) is 13.1 Å². The second-order valence-electron chi connectivity index (χ2n) is 6.20. The maximum absolute atomic E-state index is 12.3. The first-order chi connectivity index (χ1) is 12.2. The van der Waals surface area contributed by atoms with Crippen molar-refractivity contribution in [1.29, 1.82) is 0 Å². The molecular weight excluding hydrogens is 334 g/mol. The molecule has 3 rings (SSSR count). The molecular formula is C19H24N3O2S+. The van der Waals surface area contributed by atoms with Gasteiger partial charge in [0.1, 0.15) is 6.04 Å². The summed E-state index contributed by atoms with van der Waals surface area (Å²) in [5.74, 6) is -0.140. The minimum Gasteiger partial charge on any atom is -0.336 e. The smallest absolute Gasteiger partial charge is 0.324 e. The summed E-state index contributed by atoms with van der Waals surface area (Å²) >= 11 is 1.69. The third-order valence-electron chi connectivity index (χ3n) is 4.41. The molecule has 0 aliphatic carbocycles. The molecule has 1 saturated heterocycles. The highest BCUT2D eigenvalue weighted by Crippen LogP contribution is 2.23. The lowest BCUT2D eigenvalue weighted by Crippen LogP contribution is -2.87. The molecule has 1 aromatic carbocycles. The van der Waals surface area contributed by atoms with Crippen LogP contribution < -0.4 is 10.6 Å². The molecule has 1 aliphatic heterocycles. The van der Waals surface area contributed by atoms with Gasteiger partial charge in [-0.2, -0.15) is 0 Å². The first-order valence-electron chi connectivity index (χ1n) is 8.72. The Bertz CT molecular complexity index is 713. The molecule has 1 atom stereocenters. The molecule has 6 heteroatoms. The van der Waals surface area contributed by atoms with E-state index in [9.17, 15) is 9.59 Å². The molecule has 5 nitrogen and oxygen atoms in total. The standard InChI is InChI=1S/C19H23N3O2S/c1-2-4-14-6-8-15(9-7-14)18(16-5-3-12-25-16)21-13-17(23)22-11-10-20-19(22)24/h3,5-9,12,18,21H,2,4,10-11,13H2,1H3,(H,20,24)/p+1/t18-/m1/s1. The first kappa shape index (κ1) is 17.6. The summed E-state index contributed by atoms with van der Waals surface area (Å²) in [6.07, 6.45) is 2.21. The van der Waals surface area contributed by atoms with Crippen molar-refractivity contribution in [2.75, 3.05) is 19.6 Å². The number of quaternary nitrogens is 1. The van der Waals surface area contributed by atoms with Crippen molar-refractivity contribution in [2.24, 2.45) is 0 Å². The Hall–Kier alpha value is -2.18. The average Bonchev–Trinajstić information content (AvgIpc) is 3.28. The Morgan fingerprint density at radius 1 is 1.32 bits per heavy atom. The maximum Gasteiger partial charge on any atom is 0.324 e. The normalized spacial score (nSPS) is 15.2. The summed E-state index contributed by atoms with van der Waals surface area (Å²) in [6, 6.07) is 12.6. The SMILES string of the molecule is CCCc1ccc([C@@H]([NH2+]CC(=O)N2CCNC2=O)c2cccs2)cc1. The zero-order chi connectivity index (χ0) is 17.6. The van der Waals surface area contributed by atoms with Crippen molar-refractivity contribution < 1.29 is 14.9 Å². The third-order valence-corrected chi connectivity index (χ3v) is 5.37. The lowest BCUT2D eigenvalue weighted by molar-refractivity contribution is -0.676. The highest BCUT2D eigenvalue weighted by Gasteiger charge is 2.28. The fraction of sp³-hybridized carbons (Fsp3) is 0.368. The zero-order valence-electron chi connectivity index (χ0n) is 14.4. The van der Waals surface area contributed by atoms with Gasteiger partial charge in [-0.25, -0.2) is 4.79 Å². The second kappa shape index (κ2) is 8.27. The summed E-state index contributed by atoms with van der Waals surface area (Å²) in [6.45, 7) is 3.43. The van der Waals surface area contributed by atoms with E-state index >= 15 is 0 Å². The van der Waals surface area contributed by atoms with Crippen LogP contribution in [0.4, 0.5) is 4.79 Å². The first-order valence-corrected chi connectivity index (χ1v) is 9.60. The van der Waals surface area contributed by atoms with Gasteiger partial charge in [0, 0.05) is 18.7 Å². The molecule has 1 aromatic heterocycles. The van der Waals surface area contributed by atoms with Crippen LogP contribution in [0.25, 0.3) is 0 Å². The summed E-state index contributed by atoms with van der Waals surface area (Å²) in [7, 11) is 0. The Labute approximate surface area is 152 Å². The Kier molecular flexibility index (Phi) is 5.83. The Morgan fingerprint density at radius 3 is 2.72 bits per heavy atom. The molecule has 3 amide bonds. The van der Waals surface area contributed by atoms with E-state index in [1.807, 2.05) is 11.4 Å². The van der Waals surface area contributed by atoms with Crippen molar-refractivity contribution in [3.8, 4) is 0 Å². The Morgan fingerprint density at radius 2 is 2.12 bits per heavy atom. The second-order valence-corrected chi connectivity index (χ2v) is 7.18. The molecule has 0 spiro atoms. The van der Waals surface area contributed by atoms with E-state index in [0.717, 1.165) is 12.8 Å². The quantitative estimate of drug-likeness (QED) is 0.794. The highest BCUT2D eigenvalue weighted by molar-refractivity contribution is 7.10. The number of imide groups is 1. The van der Waals surface area contributed by atoms with Crippen LogP contribution in [0, 0.1) is 0 Å². The van der Waals surface area contributed by atoms with Crippen LogP contribution in [0.1, 0.15) is 35.4 Å². The molecule has 2 heterocycles. The molecule has 25 heavy (non-hydrogen) atoms. The van der Waals surface area contributed by atoms with E-state index in [1.165, 1.54) is 20.9 Å². The van der Waals surface area contributed by atoms with E-state index in [2.05, 4.69) is 48.0 Å². The minimum atomic E-state index is -0.282. The molecule has 2 aromatic rings. The van der Waals surface area contributed by atoms with Gasteiger partial charge in [0.2, 0.25) is 0 Å². The molecule has 132 valence electrons. The van der Waals surface area contributed by atoms with Gasteiger partial charge in [0.05, 0.1) is 4.88 Å². The van der Waals surface area contributed by atoms with E-state index in [4.69, 9.17) is 0 Å². The van der Waals surface area contributed by atoms with Gasteiger partial charge in [-0.15, -0.1) is 11.3 Å². The number of carbonyl (C=O) groups is 2. The summed E-state index contributed by atoms with van der Waals surface area (Å²) in [5, 5.41) is 6.75. The van der Waals surface area contributed by atoms with Crippen LogP contribution in [0.2, 0.25) is 0 Å². The van der Waals surface area contributed by atoms with Crippen molar-refractivity contribution >= 4 is 23.3 Å². The van der Waals surface area contributed by atoms with Gasteiger partial charge in [0.25, 0.3) is 5.91 Å². The number of carbonyl (C=O) groups excluding carboxylic acids is 2. The van der Waals surface area contributed by atoms with Gasteiger partial charge in [0.15, 0.2) is 6.54 Å². The number of hydrogen-bond acceptors (Lipinski definition) is 3. The van der Waals surface area contributed by atoms with Crippen LogP contribution >= 0.6 is 11.3 Å². The predicted molar refractivity (Wildman–Crippen MR) is 98.5 cm³/mol. The number of benzene rings is 1. The fourth-order valence-corrected chi connectivity index (χ4v) is 3.95. The third kappa shape index (κ3) is 4.27. The molecule has 1 fully saturated rings. The Balaban J connectivity index is 1.72. The van der Waals surface area contributed by atoms with Gasteiger partial charge >= 0.3 is 6.03 Å². The van der Waals surface area contributed by atoms with Crippen molar-refractivity contribution in [2.45, 2.75) is 25.8 Å². The van der Waals surface area contributed by atoms with E-state index < -0.39 is 0 Å². The number of hydrogen-bond donors (Lipinski definition) is 2.